The lowest BCUT2D eigenvalue weighted by molar-refractivity contribution is 0.310. The highest BCUT2D eigenvalue weighted by molar-refractivity contribution is 7.71. The lowest BCUT2D eigenvalue weighted by atomic mass is 10.2. The van der Waals surface area contributed by atoms with Crippen LogP contribution in [0.15, 0.2) is 40.8 Å². The molecular weight excluding hydrogens is 344 g/mol. The van der Waals surface area contributed by atoms with E-state index in [1.54, 1.807) is 29.3 Å². The monoisotopic (exact) mass is 360 g/mol. The summed E-state index contributed by atoms with van der Waals surface area (Å²) < 4.78 is 13.1. The number of hydrogen-bond donors (Lipinski definition) is 1. The van der Waals surface area contributed by atoms with E-state index in [9.17, 15) is 0 Å². The van der Waals surface area contributed by atoms with Crippen LogP contribution in [-0.4, -0.2) is 34.8 Å². The van der Waals surface area contributed by atoms with E-state index in [2.05, 4.69) is 15.3 Å². The van der Waals surface area contributed by atoms with Gasteiger partial charge in [0.2, 0.25) is 4.77 Å². The summed E-state index contributed by atoms with van der Waals surface area (Å²) in [6.45, 7) is 2.49. The molecule has 0 aliphatic carbocycles. The molecule has 0 atom stereocenters. The predicted molar refractivity (Wildman–Crippen MR) is 97.9 cm³/mol. The number of para-hydroxylation sites is 1. The zero-order valence-electron chi connectivity index (χ0n) is 13.2. The minimum Gasteiger partial charge on any atom is -0.492 e. The molecule has 0 saturated carbocycles. The Labute approximate surface area is 148 Å². The van der Waals surface area contributed by atoms with Gasteiger partial charge in [-0.3, -0.25) is 0 Å². The van der Waals surface area contributed by atoms with Gasteiger partial charge in [0.25, 0.3) is 0 Å². The molecule has 124 valence electrons. The highest BCUT2D eigenvalue weighted by Gasteiger charge is 2.11. The maximum absolute atomic E-state index is 5.58. The average molecular weight is 360 g/mol. The Morgan fingerprint density at radius 1 is 1.38 bits per heavy atom. The van der Waals surface area contributed by atoms with E-state index in [4.69, 9.17) is 21.7 Å². The summed E-state index contributed by atoms with van der Waals surface area (Å²) in [5.74, 6) is 1.99. The zero-order chi connectivity index (χ0) is 16.9. The van der Waals surface area contributed by atoms with Crippen LogP contribution in [-0.2, 0) is 0 Å². The quantitative estimate of drug-likeness (QED) is 0.534. The number of methoxy groups -OCH3 is 1. The van der Waals surface area contributed by atoms with Gasteiger partial charge in [0.1, 0.15) is 0 Å². The van der Waals surface area contributed by atoms with E-state index in [0.29, 0.717) is 28.7 Å². The number of thiophene rings is 1. The fourth-order valence-corrected chi connectivity index (χ4v) is 3.08. The van der Waals surface area contributed by atoms with Gasteiger partial charge in [-0.05, 0) is 42.7 Å². The topological polar surface area (TPSA) is 64.4 Å². The van der Waals surface area contributed by atoms with Gasteiger partial charge in [-0.1, -0.05) is 12.1 Å². The number of aromatic nitrogens is 3. The highest BCUT2D eigenvalue weighted by atomic mass is 32.1. The van der Waals surface area contributed by atoms with Crippen molar-refractivity contribution in [2.45, 2.75) is 6.92 Å². The van der Waals surface area contributed by atoms with Crippen LogP contribution in [0.4, 0.5) is 0 Å². The number of nitrogens with one attached hydrogen (secondary N) is 1. The van der Waals surface area contributed by atoms with Crippen LogP contribution in [0.25, 0.3) is 10.7 Å². The van der Waals surface area contributed by atoms with E-state index in [1.807, 2.05) is 42.6 Å². The number of hydrogen-bond acceptors (Lipinski definition) is 6. The molecule has 1 N–H and O–H groups in total. The van der Waals surface area contributed by atoms with E-state index >= 15 is 0 Å². The van der Waals surface area contributed by atoms with Crippen LogP contribution >= 0.6 is 23.6 Å². The van der Waals surface area contributed by atoms with Gasteiger partial charge in [-0.2, -0.15) is 14.9 Å². The third-order valence-corrected chi connectivity index (χ3v) is 4.35. The second kappa shape index (κ2) is 7.41. The van der Waals surface area contributed by atoms with Crippen molar-refractivity contribution in [1.82, 2.24) is 14.9 Å². The Hall–Kier alpha value is -2.45. The Morgan fingerprint density at radius 3 is 2.96 bits per heavy atom. The van der Waals surface area contributed by atoms with Crippen molar-refractivity contribution in [1.29, 1.82) is 0 Å². The molecule has 0 aliphatic rings. The third-order valence-electron chi connectivity index (χ3n) is 3.22. The standard InChI is InChI=1S/C16H16N4O2S2/c1-3-22-12-7-4-6-11(14(12)21-2)10-17-20-15(18-19-16(20)23)13-8-5-9-24-13/h4-10H,3H2,1-2H3,(H,19,23)/b17-10-. The molecule has 24 heavy (non-hydrogen) atoms. The molecule has 0 saturated heterocycles. The summed E-state index contributed by atoms with van der Waals surface area (Å²) in [7, 11) is 1.61. The predicted octanol–water partition coefficient (Wildman–Crippen LogP) is 3.96. The van der Waals surface area contributed by atoms with Crippen LogP contribution in [0.1, 0.15) is 12.5 Å². The summed E-state index contributed by atoms with van der Waals surface area (Å²) in [5, 5.41) is 13.5. The molecule has 0 bridgehead atoms. The molecule has 1 aromatic carbocycles. The molecule has 0 amide bonds. The van der Waals surface area contributed by atoms with Crippen molar-refractivity contribution in [3.63, 3.8) is 0 Å². The third kappa shape index (κ3) is 3.24. The van der Waals surface area contributed by atoms with Gasteiger partial charge in [-0.25, -0.2) is 5.10 Å². The van der Waals surface area contributed by atoms with Crippen molar-refractivity contribution in [2.75, 3.05) is 13.7 Å². The molecule has 0 spiro atoms. The number of benzene rings is 1. The van der Waals surface area contributed by atoms with Crippen LogP contribution in [0, 0.1) is 4.77 Å². The number of aromatic amines is 1. The number of ether oxygens (including phenoxy) is 2. The lowest BCUT2D eigenvalue weighted by Crippen LogP contribution is -1.99. The molecule has 3 rings (SSSR count). The van der Waals surface area contributed by atoms with Crippen LogP contribution < -0.4 is 9.47 Å². The van der Waals surface area contributed by atoms with Crippen molar-refractivity contribution < 1.29 is 9.47 Å². The minimum atomic E-state index is 0.426. The Kier molecular flexibility index (Phi) is 5.07. The molecule has 2 heterocycles. The van der Waals surface area contributed by atoms with Crippen molar-refractivity contribution >= 4 is 29.8 Å². The minimum absolute atomic E-state index is 0.426. The fraction of sp³-hybridized carbons (Fsp3) is 0.188. The molecular formula is C16H16N4O2S2. The highest BCUT2D eigenvalue weighted by Crippen LogP contribution is 2.30. The van der Waals surface area contributed by atoms with Gasteiger partial charge in [0.05, 0.1) is 24.8 Å². The van der Waals surface area contributed by atoms with E-state index in [0.717, 1.165) is 10.4 Å². The molecule has 0 unspecified atom stereocenters. The maximum Gasteiger partial charge on any atom is 0.216 e. The van der Waals surface area contributed by atoms with E-state index in [-0.39, 0.29) is 0 Å². The first-order chi connectivity index (χ1) is 11.7. The summed E-state index contributed by atoms with van der Waals surface area (Å²) in [6, 6.07) is 9.58. The fourth-order valence-electron chi connectivity index (χ4n) is 2.21. The van der Waals surface area contributed by atoms with Crippen molar-refractivity contribution in [2.24, 2.45) is 5.10 Å². The van der Waals surface area contributed by atoms with E-state index < -0.39 is 0 Å². The van der Waals surface area contributed by atoms with Crippen LogP contribution in [0.2, 0.25) is 0 Å². The summed E-state index contributed by atoms with van der Waals surface area (Å²) in [5.41, 5.74) is 0.795. The largest absolute Gasteiger partial charge is 0.492 e. The molecule has 6 nitrogen and oxygen atoms in total. The SMILES string of the molecule is CCOc1cccc(/C=N\n2c(-c3cccs3)n[nH]c2=S)c1OC. The van der Waals surface area contributed by atoms with Gasteiger partial charge in [0, 0.05) is 5.56 Å². The number of rotatable bonds is 6. The van der Waals surface area contributed by atoms with Gasteiger partial charge < -0.3 is 9.47 Å². The molecule has 2 aromatic heterocycles. The second-order valence-electron chi connectivity index (χ2n) is 4.70. The summed E-state index contributed by atoms with van der Waals surface area (Å²) >= 11 is 6.84. The summed E-state index contributed by atoms with van der Waals surface area (Å²) in [4.78, 5) is 0.981. The molecule has 3 aromatic rings. The first-order valence-corrected chi connectivity index (χ1v) is 8.58. The van der Waals surface area contributed by atoms with Crippen molar-refractivity contribution in [3.8, 4) is 22.2 Å². The Balaban J connectivity index is 2.00. The lowest BCUT2D eigenvalue weighted by Gasteiger charge is -2.11. The van der Waals surface area contributed by atoms with Crippen LogP contribution in [0.3, 0.4) is 0 Å². The molecule has 0 aliphatic heterocycles. The molecule has 0 fully saturated rings. The second-order valence-corrected chi connectivity index (χ2v) is 6.03. The van der Waals surface area contributed by atoms with Gasteiger partial charge in [-0.15, -0.1) is 11.3 Å². The normalized spacial score (nSPS) is 11.1. The molecule has 0 radical (unpaired) electrons. The smallest absolute Gasteiger partial charge is 0.216 e. The zero-order valence-corrected chi connectivity index (χ0v) is 14.9. The van der Waals surface area contributed by atoms with Gasteiger partial charge in [0.15, 0.2) is 17.3 Å². The Bertz CT molecular complexity index is 897. The van der Waals surface area contributed by atoms with Crippen LogP contribution in [0.5, 0.6) is 11.5 Å². The first-order valence-electron chi connectivity index (χ1n) is 7.30. The number of H-pyrrole nitrogens is 1. The van der Waals surface area contributed by atoms with Gasteiger partial charge >= 0.3 is 0 Å². The van der Waals surface area contributed by atoms with Crippen molar-refractivity contribution in [3.05, 3.63) is 46.0 Å². The molecule has 8 heteroatoms. The first kappa shape index (κ1) is 16.4. The average Bonchev–Trinajstić information content (AvgIpc) is 3.23. The Morgan fingerprint density at radius 2 is 2.25 bits per heavy atom. The maximum atomic E-state index is 5.58. The number of nitrogens with zero attached hydrogens (tertiary/aromatic N) is 3. The van der Waals surface area contributed by atoms with E-state index in [1.165, 1.54) is 0 Å². The summed E-state index contributed by atoms with van der Waals surface area (Å²) in [6.07, 6.45) is 1.68.